The van der Waals surface area contributed by atoms with Crippen molar-refractivity contribution in [3.63, 3.8) is 0 Å². The Hall–Kier alpha value is -3.57. The molecule has 0 fully saturated rings. The normalized spacial score (nSPS) is 11.7. The molecule has 1 aromatic heterocycles. The minimum absolute atomic E-state index is 0.0791. The Balaban J connectivity index is 1.46. The van der Waals surface area contributed by atoms with E-state index >= 15 is 0 Å². The van der Waals surface area contributed by atoms with Crippen LogP contribution in [0.5, 0.6) is 17.2 Å². The van der Waals surface area contributed by atoms with Crippen molar-refractivity contribution in [2.24, 2.45) is 0 Å². The number of rotatable bonds is 14. The van der Waals surface area contributed by atoms with Crippen molar-refractivity contribution in [3.8, 4) is 34.2 Å². The predicted octanol–water partition coefficient (Wildman–Crippen LogP) is 9.08. The average molecular weight is 554 g/mol. The van der Waals surface area contributed by atoms with E-state index in [1.165, 1.54) is 5.56 Å². The maximum atomic E-state index is 6.20. The largest absolute Gasteiger partial charge is 0.494 e. The molecule has 5 nitrogen and oxygen atoms in total. The summed E-state index contributed by atoms with van der Waals surface area (Å²) in [7, 11) is 0. The molecule has 0 N–H and O–H groups in total. The molecule has 5 heteroatoms. The highest BCUT2D eigenvalue weighted by molar-refractivity contribution is 5.61. The zero-order chi connectivity index (χ0) is 29.2. The Kier molecular flexibility index (Phi) is 10.6. The molecular formula is C36H47N3O2. The van der Waals surface area contributed by atoms with Gasteiger partial charge in [-0.25, -0.2) is 4.98 Å². The molecular weight excluding hydrogens is 506 g/mol. The van der Waals surface area contributed by atoms with Crippen molar-refractivity contribution in [1.82, 2.24) is 14.5 Å². The number of unbranched alkanes of at least 4 members (excludes halogenated alkanes) is 1. The Morgan fingerprint density at radius 2 is 1.51 bits per heavy atom. The average Bonchev–Trinajstić information content (AvgIpc) is 3.41. The summed E-state index contributed by atoms with van der Waals surface area (Å²) in [5.74, 6) is 3.66. The number of aromatic nitrogens is 2. The Bertz CT molecular complexity index is 1350. The first-order valence-corrected chi connectivity index (χ1v) is 15.2. The van der Waals surface area contributed by atoms with Crippen LogP contribution in [0.4, 0.5) is 0 Å². The minimum atomic E-state index is 0.0791. The molecule has 1 heterocycles. The molecule has 0 spiro atoms. The zero-order valence-electron chi connectivity index (χ0n) is 25.8. The van der Waals surface area contributed by atoms with Gasteiger partial charge < -0.3 is 18.9 Å². The van der Waals surface area contributed by atoms with E-state index in [1.54, 1.807) is 0 Å². The van der Waals surface area contributed by atoms with Gasteiger partial charge in [-0.2, -0.15) is 0 Å². The van der Waals surface area contributed by atoms with Crippen LogP contribution in [0.25, 0.3) is 16.9 Å². The van der Waals surface area contributed by atoms with Gasteiger partial charge in [-0.1, -0.05) is 60.1 Å². The van der Waals surface area contributed by atoms with Gasteiger partial charge in [0, 0.05) is 30.4 Å². The van der Waals surface area contributed by atoms with Crippen molar-refractivity contribution in [2.45, 2.75) is 72.6 Å². The van der Waals surface area contributed by atoms with Gasteiger partial charge >= 0.3 is 0 Å². The van der Waals surface area contributed by atoms with Crippen LogP contribution >= 0.6 is 0 Å². The van der Waals surface area contributed by atoms with E-state index in [9.17, 15) is 0 Å². The number of ether oxygens (including phenoxy) is 2. The maximum absolute atomic E-state index is 6.20. The SMILES string of the molecule is CCCCc1nc(-c2ccc(OCCCN(CC)CC)cc2)cn1-c1ccc(Oc2cccc(C(C)(C)C)c2)cc1. The van der Waals surface area contributed by atoms with Crippen molar-refractivity contribution >= 4 is 0 Å². The molecule has 0 aliphatic heterocycles. The third-order valence-electron chi connectivity index (χ3n) is 7.52. The second kappa shape index (κ2) is 14.4. The highest BCUT2D eigenvalue weighted by atomic mass is 16.5. The van der Waals surface area contributed by atoms with Gasteiger partial charge in [0.2, 0.25) is 0 Å². The van der Waals surface area contributed by atoms with Crippen LogP contribution in [0.15, 0.2) is 79.0 Å². The summed E-state index contributed by atoms with van der Waals surface area (Å²) in [4.78, 5) is 7.47. The lowest BCUT2D eigenvalue weighted by atomic mass is 9.87. The quantitative estimate of drug-likeness (QED) is 0.146. The van der Waals surface area contributed by atoms with Gasteiger partial charge in [0.25, 0.3) is 0 Å². The Morgan fingerprint density at radius 3 is 2.17 bits per heavy atom. The lowest BCUT2D eigenvalue weighted by Gasteiger charge is -2.19. The summed E-state index contributed by atoms with van der Waals surface area (Å²) in [5, 5.41) is 0. The van der Waals surface area contributed by atoms with Crippen LogP contribution in [-0.4, -0.2) is 40.7 Å². The van der Waals surface area contributed by atoms with Gasteiger partial charge in [0.1, 0.15) is 23.1 Å². The first-order valence-electron chi connectivity index (χ1n) is 15.2. The standard InChI is InChI=1S/C36H47N3O2/c1-7-10-15-35-37-34(28-16-20-31(21-17-28)40-25-12-24-38(8-2)9-3)27-39(35)30-18-22-32(23-19-30)41-33-14-11-13-29(26-33)36(4,5)6/h11,13-14,16-23,26-27H,7-10,12,15,24-25H2,1-6H3. The molecule has 3 aromatic carbocycles. The molecule has 4 rings (SSSR count). The summed E-state index contributed by atoms with van der Waals surface area (Å²) >= 11 is 0. The van der Waals surface area contributed by atoms with E-state index in [0.717, 1.165) is 91.9 Å². The zero-order valence-corrected chi connectivity index (χ0v) is 25.8. The summed E-state index contributed by atoms with van der Waals surface area (Å²) in [5.41, 5.74) is 4.49. The van der Waals surface area contributed by atoms with Crippen molar-refractivity contribution in [1.29, 1.82) is 0 Å². The van der Waals surface area contributed by atoms with Crippen LogP contribution in [-0.2, 0) is 11.8 Å². The first kappa shape index (κ1) is 30.4. The van der Waals surface area contributed by atoms with E-state index in [2.05, 4.69) is 112 Å². The molecule has 0 aliphatic carbocycles. The lowest BCUT2D eigenvalue weighted by Crippen LogP contribution is -2.25. The van der Waals surface area contributed by atoms with Crippen LogP contribution in [0.2, 0.25) is 0 Å². The number of benzene rings is 3. The number of imidazole rings is 1. The Morgan fingerprint density at radius 1 is 0.805 bits per heavy atom. The number of aryl methyl sites for hydroxylation is 1. The third kappa shape index (κ3) is 8.46. The number of hydrogen-bond donors (Lipinski definition) is 0. The molecule has 0 unspecified atom stereocenters. The van der Waals surface area contributed by atoms with E-state index in [1.807, 2.05) is 18.2 Å². The minimum Gasteiger partial charge on any atom is -0.494 e. The molecule has 0 atom stereocenters. The van der Waals surface area contributed by atoms with E-state index in [4.69, 9.17) is 14.5 Å². The second-order valence-corrected chi connectivity index (χ2v) is 11.6. The van der Waals surface area contributed by atoms with Gasteiger partial charge in [0.05, 0.1) is 12.3 Å². The molecule has 0 saturated heterocycles. The smallest absolute Gasteiger partial charge is 0.127 e. The maximum Gasteiger partial charge on any atom is 0.127 e. The molecule has 0 aliphatic rings. The van der Waals surface area contributed by atoms with E-state index < -0.39 is 0 Å². The predicted molar refractivity (Wildman–Crippen MR) is 171 cm³/mol. The van der Waals surface area contributed by atoms with Crippen LogP contribution in [0.3, 0.4) is 0 Å². The van der Waals surface area contributed by atoms with E-state index in [0.29, 0.717) is 0 Å². The molecule has 41 heavy (non-hydrogen) atoms. The van der Waals surface area contributed by atoms with Gasteiger partial charge in [0.15, 0.2) is 0 Å². The fraction of sp³-hybridized carbons (Fsp3) is 0.417. The summed E-state index contributed by atoms with van der Waals surface area (Å²) in [6.07, 6.45) is 6.34. The highest BCUT2D eigenvalue weighted by Gasteiger charge is 2.15. The van der Waals surface area contributed by atoms with Crippen LogP contribution < -0.4 is 9.47 Å². The van der Waals surface area contributed by atoms with Gasteiger partial charge in [-0.15, -0.1) is 0 Å². The monoisotopic (exact) mass is 553 g/mol. The summed E-state index contributed by atoms with van der Waals surface area (Å²) < 4.78 is 14.4. The van der Waals surface area contributed by atoms with Crippen LogP contribution in [0, 0.1) is 0 Å². The fourth-order valence-corrected chi connectivity index (χ4v) is 4.87. The third-order valence-corrected chi connectivity index (χ3v) is 7.52. The fourth-order valence-electron chi connectivity index (χ4n) is 4.87. The molecule has 218 valence electrons. The molecule has 0 saturated carbocycles. The second-order valence-electron chi connectivity index (χ2n) is 11.6. The topological polar surface area (TPSA) is 39.5 Å². The van der Waals surface area contributed by atoms with Gasteiger partial charge in [-0.3, -0.25) is 0 Å². The molecule has 0 radical (unpaired) electrons. The van der Waals surface area contributed by atoms with Crippen molar-refractivity contribution in [2.75, 3.05) is 26.2 Å². The van der Waals surface area contributed by atoms with Crippen molar-refractivity contribution in [3.05, 3.63) is 90.4 Å². The van der Waals surface area contributed by atoms with Crippen molar-refractivity contribution < 1.29 is 9.47 Å². The molecule has 0 bridgehead atoms. The number of hydrogen-bond acceptors (Lipinski definition) is 4. The lowest BCUT2D eigenvalue weighted by molar-refractivity contribution is 0.249. The Labute approximate surface area is 247 Å². The molecule has 0 amide bonds. The van der Waals surface area contributed by atoms with E-state index in [-0.39, 0.29) is 5.41 Å². The van der Waals surface area contributed by atoms with Crippen LogP contribution in [0.1, 0.15) is 72.2 Å². The number of nitrogens with zero attached hydrogens (tertiary/aromatic N) is 3. The summed E-state index contributed by atoms with van der Waals surface area (Å²) in [6, 6.07) is 25.0. The first-order chi connectivity index (χ1) is 19.8. The summed E-state index contributed by atoms with van der Waals surface area (Å²) in [6.45, 7) is 17.2. The highest BCUT2D eigenvalue weighted by Crippen LogP contribution is 2.30. The van der Waals surface area contributed by atoms with Gasteiger partial charge in [-0.05, 0) is 97.6 Å². The molecule has 4 aromatic rings.